The number of carbonyl (C=O) groups excluding carboxylic acids is 1. The number of aromatic nitrogens is 2. The number of aryl methyl sites for hydroxylation is 1. The standard InChI is InChI=1S/C19H24N4O2/c1-14-10-17(21-13-20-14)23-9-5-8-19(2,12-23)18(24)22-15-6-4-7-16(11-15)25-3/h4,6-7,10-11,13H,5,8-9,12H2,1-3H3,(H,22,24)/t19-/m1/s1. The van der Waals surface area contributed by atoms with Gasteiger partial charge in [-0.3, -0.25) is 4.79 Å². The quantitative estimate of drug-likeness (QED) is 0.926. The first-order valence-electron chi connectivity index (χ1n) is 8.49. The van der Waals surface area contributed by atoms with Crippen molar-refractivity contribution in [2.75, 3.05) is 30.4 Å². The topological polar surface area (TPSA) is 67.3 Å². The average Bonchev–Trinajstić information content (AvgIpc) is 2.62. The lowest BCUT2D eigenvalue weighted by atomic mass is 9.81. The van der Waals surface area contributed by atoms with E-state index in [-0.39, 0.29) is 5.91 Å². The molecule has 0 aliphatic carbocycles. The highest BCUT2D eigenvalue weighted by Crippen LogP contribution is 2.33. The lowest BCUT2D eigenvalue weighted by molar-refractivity contribution is -0.125. The van der Waals surface area contributed by atoms with Crippen LogP contribution in [0.15, 0.2) is 36.7 Å². The molecule has 1 aliphatic rings. The van der Waals surface area contributed by atoms with E-state index in [1.807, 2.05) is 44.2 Å². The minimum absolute atomic E-state index is 0.0243. The maximum Gasteiger partial charge on any atom is 0.232 e. The van der Waals surface area contributed by atoms with Crippen LogP contribution in [0.2, 0.25) is 0 Å². The Balaban J connectivity index is 1.74. The number of ether oxygens (including phenoxy) is 1. The average molecular weight is 340 g/mol. The third kappa shape index (κ3) is 3.90. The molecule has 25 heavy (non-hydrogen) atoms. The van der Waals surface area contributed by atoms with Crippen molar-refractivity contribution in [3.8, 4) is 5.75 Å². The lowest BCUT2D eigenvalue weighted by Crippen LogP contribution is -2.48. The number of amides is 1. The van der Waals surface area contributed by atoms with Crippen molar-refractivity contribution in [1.29, 1.82) is 0 Å². The Labute approximate surface area is 148 Å². The number of nitrogens with one attached hydrogen (secondary N) is 1. The van der Waals surface area contributed by atoms with E-state index in [1.54, 1.807) is 13.4 Å². The first-order chi connectivity index (χ1) is 12.0. The summed E-state index contributed by atoms with van der Waals surface area (Å²) in [6.07, 6.45) is 3.38. The van der Waals surface area contributed by atoms with E-state index in [0.29, 0.717) is 6.54 Å². The van der Waals surface area contributed by atoms with Crippen LogP contribution < -0.4 is 15.0 Å². The van der Waals surface area contributed by atoms with Gasteiger partial charge in [0.15, 0.2) is 0 Å². The molecular formula is C19H24N4O2. The zero-order valence-corrected chi connectivity index (χ0v) is 15.0. The molecule has 0 spiro atoms. The van der Waals surface area contributed by atoms with Crippen LogP contribution in [-0.4, -0.2) is 36.1 Å². The van der Waals surface area contributed by atoms with Crippen molar-refractivity contribution in [1.82, 2.24) is 9.97 Å². The smallest absolute Gasteiger partial charge is 0.232 e. The van der Waals surface area contributed by atoms with Crippen LogP contribution in [0.4, 0.5) is 11.5 Å². The number of piperidine rings is 1. The van der Waals surface area contributed by atoms with Gasteiger partial charge in [0.05, 0.1) is 12.5 Å². The third-order valence-electron chi connectivity index (χ3n) is 4.69. The molecule has 2 heterocycles. The van der Waals surface area contributed by atoms with Gasteiger partial charge in [0.1, 0.15) is 17.9 Å². The maximum atomic E-state index is 12.9. The van der Waals surface area contributed by atoms with Gasteiger partial charge in [0.2, 0.25) is 5.91 Å². The molecule has 0 radical (unpaired) electrons. The van der Waals surface area contributed by atoms with Crippen LogP contribution in [0, 0.1) is 12.3 Å². The maximum absolute atomic E-state index is 12.9. The molecule has 2 aromatic rings. The molecule has 1 N–H and O–H groups in total. The molecule has 0 unspecified atom stereocenters. The Morgan fingerprint density at radius 2 is 2.16 bits per heavy atom. The number of hydrogen-bond acceptors (Lipinski definition) is 5. The molecule has 1 atom stereocenters. The van der Waals surface area contributed by atoms with E-state index in [0.717, 1.165) is 42.3 Å². The number of nitrogens with zero attached hydrogens (tertiary/aromatic N) is 3. The van der Waals surface area contributed by atoms with Gasteiger partial charge in [-0.05, 0) is 38.8 Å². The first-order valence-corrected chi connectivity index (χ1v) is 8.49. The van der Waals surface area contributed by atoms with Gasteiger partial charge >= 0.3 is 0 Å². The molecule has 6 nitrogen and oxygen atoms in total. The molecule has 6 heteroatoms. The molecule has 132 valence electrons. The summed E-state index contributed by atoms with van der Waals surface area (Å²) in [6, 6.07) is 9.39. The Bertz CT molecular complexity index is 765. The summed E-state index contributed by atoms with van der Waals surface area (Å²) >= 11 is 0. The van der Waals surface area contributed by atoms with Crippen LogP contribution >= 0.6 is 0 Å². The van der Waals surface area contributed by atoms with Crippen LogP contribution in [0.5, 0.6) is 5.75 Å². The molecule has 1 aromatic heterocycles. The highest BCUT2D eigenvalue weighted by molar-refractivity contribution is 5.95. The molecule has 0 bridgehead atoms. The van der Waals surface area contributed by atoms with E-state index in [4.69, 9.17) is 4.74 Å². The van der Waals surface area contributed by atoms with Crippen molar-refractivity contribution in [3.05, 3.63) is 42.4 Å². The largest absolute Gasteiger partial charge is 0.497 e. The number of anilines is 2. The highest BCUT2D eigenvalue weighted by atomic mass is 16.5. The minimum Gasteiger partial charge on any atom is -0.497 e. The van der Waals surface area contributed by atoms with Crippen LogP contribution in [0.25, 0.3) is 0 Å². The zero-order valence-electron chi connectivity index (χ0n) is 15.0. The van der Waals surface area contributed by atoms with Crippen LogP contribution in [0.1, 0.15) is 25.5 Å². The number of benzene rings is 1. The summed E-state index contributed by atoms with van der Waals surface area (Å²) in [4.78, 5) is 23.6. The van der Waals surface area contributed by atoms with Crippen molar-refractivity contribution < 1.29 is 9.53 Å². The molecule has 1 fully saturated rings. The number of carbonyl (C=O) groups is 1. The predicted molar refractivity (Wildman–Crippen MR) is 97.9 cm³/mol. The van der Waals surface area contributed by atoms with E-state index in [2.05, 4.69) is 20.2 Å². The fourth-order valence-corrected chi connectivity index (χ4v) is 3.22. The fourth-order valence-electron chi connectivity index (χ4n) is 3.22. The van der Waals surface area contributed by atoms with Gasteiger partial charge in [-0.25, -0.2) is 9.97 Å². The second-order valence-corrected chi connectivity index (χ2v) is 6.79. The summed E-state index contributed by atoms with van der Waals surface area (Å²) in [6.45, 7) is 5.50. The first kappa shape index (κ1) is 17.2. The van der Waals surface area contributed by atoms with E-state index in [1.165, 1.54) is 0 Å². The fraction of sp³-hybridized carbons (Fsp3) is 0.421. The van der Waals surface area contributed by atoms with Gasteiger partial charge in [-0.2, -0.15) is 0 Å². The summed E-state index contributed by atoms with van der Waals surface area (Å²) in [5, 5.41) is 3.03. The van der Waals surface area contributed by atoms with Crippen LogP contribution in [0.3, 0.4) is 0 Å². The molecule has 1 aliphatic heterocycles. The zero-order chi connectivity index (χ0) is 17.9. The molecular weight excluding hydrogens is 316 g/mol. The Kier molecular flexibility index (Phi) is 4.88. The van der Waals surface area contributed by atoms with Gasteiger partial charge in [0.25, 0.3) is 0 Å². The minimum atomic E-state index is -0.472. The number of hydrogen-bond donors (Lipinski definition) is 1. The van der Waals surface area contributed by atoms with Gasteiger partial charge in [-0.1, -0.05) is 6.07 Å². The monoisotopic (exact) mass is 340 g/mol. The number of methoxy groups -OCH3 is 1. The highest BCUT2D eigenvalue weighted by Gasteiger charge is 2.38. The normalized spacial score (nSPS) is 20.2. The third-order valence-corrected chi connectivity index (χ3v) is 4.69. The summed E-state index contributed by atoms with van der Waals surface area (Å²) in [5.41, 5.74) is 1.21. The molecule has 0 saturated carbocycles. The SMILES string of the molecule is COc1cccc(NC(=O)[C@]2(C)CCCN(c3cc(C)ncn3)C2)c1. The van der Waals surface area contributed by atoms with E-state index >= 15 is 0 Å². The molecule has 1 aromatic carbocycles. The van der Waals surface area contributed by atoms with Gasteiger partial charge in [-0.15, -0.1) is 0 Å². The lowest BCUT2D eigenvalue weighted by Gasteiger charge is -2.39. The second-order valence-electron chi connectivity index (χ2n) is 6.79. The molecule has 3 rings (SSSR count). The summed E-state index contributed by atoms with van der Waals surface area (Å²) < 4.78 is 5.22. The molecule has 1 saturated heterocycles. The second kappa shape index (κ2) is 7.09. The predicted octanol–water partition coefficient (Wildman–Crippen LogP) is 3.04. The van der Waals surface area contributed by atoms with Crippen molar-refractivity contribution >= 4 is 17.4 Å². The van der Waals surface area contributed by atoms with E-state index in [9.17, 15) is 4.79 Å². The van der Waals surface area contributed by atoms with E-state index < -0.39 is 5.41 Å². The summed E-state index contributed by atoms with van der Waals surface area (Å²) in [5.74, 6) is 1.63. The Morgan fingerprint density at radius 3 is 2.92 bits per heavy atom. The van der Waals surface area contributed by atoms with Crippen molar-refractivity contribution in [3.63, 3.8) is 0 Å². The van der Waals surface area contributed by atoms with Crippen LogP contribution in [-0.2, 0) is 4.79 Å². The molecule has 1 amide bonds. The van der Waals surface area contributed by atoms with Gasteiger partial charge in [0, 0.05) is 36.6 Å². The summed E-state index contributed by atoms with van der Waals surface area (Å²) in [7, 11) is 1.62. The number of rotatable bonds is 4. The van der Waals surface area contributed by atoms with Crippen molar-refractivity contribution in [2.45, 2.75) is 26.7 Å². The van der Waals surface area contributed by atoms with Crippen molar-refractivity contribution in [2.24, 2.45) is 5.41 Å². The van der Waals surface area contributed by atoms with Gasteiger partial charge < -0.3 is 15.0 Å². The Hall–Kier alpha value is -2.63. The Morgan fingerprint density at radius 1 is 1.32 bits per heavy atom.